The van der Waals surface area contributed by atoms with Crippen LogP contribution >= 0.6 is 0 Å². The van der Waals surface area contributed by atoms with Crippen molar-refractivity contribution in [3.8, 4) is 0 Å². The third-order valence-corrected chi connectivity index (χ3v) is 4.11. The first-order valence-corrected chi connectivity index (χ1v) is 7.87. The van der Waals surface area contributed by atoms with Gasteiger partial charge in [-0.2, -0.15) is 0 Å². The fourth-order valence-corrected chi connectivity index (χ4v) is 2.95. The number of pyridine rings is 1. The third-order valence-electron chi connectivity index (χ3n) is 4.11. The monoisotopic (exact) mass is 313 g/mol. The van der Waals surface area contributed by atoms with Crippen molar-refractivity contribution in [2.24, 2.45) is 0 Å². The van der Waals surface area contributed by atoms with Crippen LogP contribution in [0.15, 0.2) is 42.5 Å². The topological polar surface area (TPSA) is 54.0 Å². The lowest BCUT2D eigenvalue weighted by atomic mass is 10.1. The Morgan fingerprint density at radius 1 is 1.13 bits per heavy atom. The molecule has 0 spiro atoms. The first kappa shape index (κ1) is 15.5. The Hall–Kier alpha value is -2.43. The van der Waals surface area contributed by atoms with E-state index in [0.717, 1.165) is 30.8 Å². The highest BCUT2D eigenvalue weighted by Gasteiger charge is 2.26. The number of amides is 1. The zero-order valence-corrected chi connectivity index (χ0v) is 13.1. The Labute approximate surface area is 135 Å². The highest BCUT2D eigenvalue weighted by Crippen LogP contribution is 2.23. The second-order valence-corrected chi connectivity index (χ2v) is 6.00. The van der Waals surface area contributed by atoms with E-state index < -0.39 is 0 Å². The van der Waals surface area contributed by atoms with E-state index in [-0.39, 0.29) is 17.8 Å². The van der Waals surface area contributed by atoms with Crippen molar-refractivity contribution >= 4 is 11.7 Å². The van der Waals surface area contributed by atoms with E-state index in [1.807, 2.05) is 25.1 Å². The lowest BCUT2D eigenvalue weighted by Crippen LogP contribution is -2.33. The van der Waals surface area contributed by atoms with Crippen LogP contribution in [0.2, 0.25) is 0 Å². The van der Waals surface area contributed by atoms with Crippen LogP contribution in [0, 0.1) is 12.7 Å². The number of hydrogen-bond acceptors (Lipinski definition) is 3. The highest BCUT2D eigenvalue weighted by atomic mass is 19.1. The molecule has 0 bridgehead atoms. The summed E-state index contributed by atoms with van der Waals surface area (Å²) in [6, 6.07) is 12.0. The average molecular weight is 313 g/mol. The molecule has 1 aromatic heterocycles. The number of carbonyl (C=O) groups is 1. The molecule has 1 heterocycles. The minimum Gasteiger partial charge on any atom is -0.367 e. The predicted octanol–water partition coefficient (Wildman–Crippen LogP) is 3.29. The van der Waals surface area contributed by atoms with Crippen molar-refractivity contribution in [1.82, 2.24) is 10.3 Å². The van der Waals surface area contributed by atoms with Crippen LogP contribution in [0.1, 0.15) is 35.3 Å². The number of nitrogens with zero attached hydrogens (tertiary/aromatic N) is 1. The van der Waals surface area contributed by atoms with Gasteiger partial charge in [0.05, 0.1) is 0 Å². The number of benzene rings is 1. The summed E-state index contributed by atoms with van der Waals surface area (Å²) in [6.45, 7) is 1.96. The van der Waals surface area contributed by atoms with E-state index in [2.05, 4.69) is 15.6 Å². The molecule has 23 heavy (non-hydrogen) atoms. The molecule has 4 nitrogen and oxygen atoms in total. The predicted molar refractivity (Wildman–Crippen MR) is 87.9 cm³/mol. The summed E-state index contributed by atoms with van der Waals surface area (Å²) in [5.74, 6) is 0.391. The van der Waals surface area contributed by atoms with Crippen LogP contribution in [0.25, 0.3) is 0 Å². The molecule has 2 atom stereocenters. The number of halogens is 1. The van der Waals surface area contributed by atoms with Gasteiger partial charge in [0.15, 0.2) is 0 Å². The molecule has 1 aliphatic rings. The molecule has 3 rings (SSSR count). The summed E-state index contributed by atoms with van der Waals surface area (Å²) in [7, 11) is 0. The maximum Gasteiger partial charge on any atom is 0.251 e. The van der Waals surface area contributed by atoms with Gasteiger partial charge in [-0.05, 0) is 62.6 Å². The van der Waals surface area contributed by atoms with Crippen LogP contribution in [0.4, 0.5) is 10.2 Å². The molecule has 120 valence electrons. The molecule has 2 aromatic rings. The third kappa shape index (κ3) is 4.06. The number of hydrogen-bond donors (Lipinski definition) is 2. The number of nitrogens with one attached hydrogen (secondary N) is 2. The molecule has 0 radical (unpaired) electrons. The van der Waals surface area contributed by atoms with Crippen LogP contribution in [-0.4, -0.2) is 23.0 Å². The lowest BCUT2D eigenvalue weighted by molar-refractivity contribution is 0.0937. The molecule has 1 amide bonds. The Morgan fingerprint density at radius 2 is 1.87 bits per heavy atom. The Bertz CT molecular complexity index is 687. The number of rotatable bonds is 4. The van der Waals surface area contributed by atoms with Gasteiger partial charge in [0.1, 0.15) is 11.6 Å². The van der Waals surface area contributed by atoms with Gasteiger partial charge in [0.2, 0.25) is 0 Å². The van der Waals surface area contributed by atoms with Crippen LogP contribution in [0.5, 0.6) is 0 Å². The van der Waals surface area contributed by atoms with Crippen molar-refractivity contribution in [2.45, 2.75) is 38.3 Å². The van der Waals surface area contributed by atoms with Gasteiger partial charge in [0.25, 0.3) is 5.91 Å². The molecule has 2 N–H and O–H groups in total. The molecule has 0 unspecified atom stereocenters. The SMILES string of the molecule is Cc1cccc(N[C@@H]2CC[C@H](NC(=O)c3ccc(F)cc3)C2)n1. The molecule has 5 heteroatoms. The minimum absolute atomic E-state index is 0.134. The van der Waals surface area contributed by atoms with Crippen molar-refractivity contribution in [2.75, 3.05) is 5.32 Å². The van der Waals surface area contributed by atoms with Gasteiger partial charge < -0.3 is 10.6 Å². The molecule has 1 aliphatic carbocycles. The largest absolute Gasteiger partial charge is 0.367 e. The molecule has 0 aliphatic heterocycles. The van der Waals surface area contributed by atoms with Crippen molar-refractivity contribution in [3.05, 3.63) is 59.5 Å². The van der Waals surface area contributed by atoms with Crippen LogP contribution in [0.3, 0.4) is 0 Å². The van der Waals surface area contributed by atoms with E-state index >= 15 is 0 Å². The average Bonchev–Trinajstić information content (AvgIpc) is 2.95. The fraction of sp³-hybridized carbons (Fsp3) is 0.333. The van der Waals surface area contributed by atoms with Gasteiger partial charge in [-0.1, -0.05) is 6.07 Å². The van der Waals surface area contributed by atoms with Gasteiger partial charge in [0, 0.05) is 23.3 Å². The standard InChI is InChI=1S/C18H20FN3O/c1-12-3-2-4-17(20-12)21-15-9-10-16(11-15)22-18(23)13-5-7-14(19)8-6-13/h2-8,15-16H,9-11H2,1H3,(H,20,21)(H,22,23)/t15-,16+/m1/s1. The molecule has 0 saturated heterocycles. The van der Waals surface area contributed by atoms with Gasteiger partial charge in [-0.25, -0.2) is 9.37 Å². The summed E-state index contributed by atoms with van der Waals surface area (Å²) in [5.41, 5.74) is 1.47. The van der Waals surface area contributed by atoms with Gasteiger partial charge in [-0.3, -0.25) is 4.79 Å². The summed E-state index contributed by atoms with van der Waals surface area (Å²) in [6.07, 6.45) is 2.78. The van der Waals surface area contributed by atoms with Gasteiger partial charge in [-0.15, -0.1) is 0 Å². The number of carbonyl (C=O) groups excluding carboxylic acids is 1. The Morgan fingerprint density at radius 3 is 2.61 bits per heavy atom. The zero-order valence-electron chi connectivity index (χ0n) is 13.1. The zero-order chi connectivity index (χ0) is 16.2. The maximum atomic E-state index is 12.9. The van der Waals surface area contributed by atoms with E-state index in [4.69, 9.17) is 0 Å². The first-order valence-electron chi connectivity index (χ1n) is 7.87. The van der Waals surface area contributed by atoms with Gasteiger partial charge >= 0.3 is 0 Å². The normalized spacial score (nSPS) is 20.3. The fourth-order valence-electron chi connectivity index (χ4n) is 2.95. The summed E-state index contributed by atoms with van der Waals surface area (Å²) in [5, 5.41) is 6.44. The van der Waals surface area contributed by atoms with Crippen LogP contribution in [-0.2, 0) is 0 Å². The Balaban J connectivity index is 1.53. The number of aryl methyl sites for hydroxylation is 1. The molecular formula is C18H20FN3O. The smallest absolute Gasteiger partial charge is 0.251 e. The molecule has 1 fully saturated rings. The second kappa shape index (κ2) is 6.77. The Kier molecular flexibility index (Phi) is 4.55. The second-order valence-electron chi connectivity index (χ2n) is 6.00. The first-order chi connectivity index (χ1) is 11.1. The van der Waals surface area contributed by atoms with Crippen molar-refractivity contribution < 1.29 is 9.18 Å². The van der Waals surface area contributed by atoms with E-state index in [0.29, 0.717) is 11.6 Å². The van der Waals surface area contributed by atoms with Crippen molar-refractivity contribution in [3.63, 3.8) is 0 Å². The lowest BCUT2D eigenvalue weighted by Gasteiger charge is -2.15. The van der Waals surface area contributed by atoms with E-state index in [1.165, 1.54) is 24.3 Å². The summed E-state index contributed by atoms with van der Waals surface area (Å²) >= 11 is 0. The summed E-state index contributed by atoms with van der Waals surface area (Å²) in [4.78, 5) is 16.6. The molecule has 1 saturated carbocycles. The van der Waals surface area contributed by atoms with E-state index in [1.54, 1.807) is 0 Å². The quantitative estimate of drug-likeness (QED) is 0.910. The number of anilines is 1. The maximum absolute atomic E-state index is 12.9. The highest BCUT2D eigenvalue weighted by molar-refractivity contribution is 5.94. The van der Waals surface area contributed by atoms with Crippen molar-refractivity contribution in [1.29, 1.82) is 0 Å². The molecular weight excluding hydrogens is 293 g/mol. The summed E-state index contributed by atoms with van der Waals surface area (Å²) < 4.78 is 12.9. The number of aromatic nitrogens is 1. The van der Waals surface area contributed by atoms with Crippen LogP contribution < -0.4 is 10.6 Å². The minimum atomic E-state index is -0.336. The van der Waals surface area contributed by atoms with E-state index in [9.17, 15) is 9.18 Å². The molecule has 1 aromatic carbocycles.